The fourth-order valence-electron chi connectivity index (χ4n) is 3.39. The Hall–Kier alpha value is -2.09. The number of carbonyl (C=O) groups excluding carboxylic acids is 1. The molecule has 0 aliphatic carbocycles. The second kappa shape index (κ2) is 9.15. The minimum absolute atomic E-state index is 0.0426. The van der Waals surface area contributed by atoms with Gasteiger partial charge >= 0.3 is 0 Å². The van der Waals surface area contributed by atoms with Gasteiger partial charge in [0.25, 0.3) is 5.91 Å². The Balaban J connectivity index is 1.88. The Kier molecular flexibility index (Phi) is 6.82. The number of piperidine rings is 1. The third kappa shape index (κ3) is 4.91. The maximum Gasteiger partial charge on any atom is 0.255 e. The van der Waals surface area contributed by atoms with E-state index in [0.717, 1.165) is 12.8 Å². The molecule has 1 saturated heterocycles. The monoisotopic (exact) mass is 436 g/mol. The van der Waals surface area contributed by atoms with Gasteiger partial charge in [0.1, 0.15) is 10.6 Å². The summed E-state index contributed by atoms with van der Waals surface area (Å²) in [5, 5.41) is 2.89. The van der Waals surface area contributed by atoms with E-state index in [1.54, 1.807) is 18.2 Å². The molecule has 6 nitrogen and oxygen atoms in total. The number of sulfonamides is 1. The first-order chi connectivity index (χ1) is 13.8. The number of halogens is 1. The molecule has 1 fully saturated rings. The van der Waals surface area contributed by atoms with E-state index in [2.05, 4.69) is 5.32 Å². The van der Waals surface area contributed by atoms with Gasteiger partial charge in [0.05, 0.1) is 17.3 Å². The highest BCUT2D eigenvalue weighted by molar-refractivity contribution is 7.89. The summed E-state index contributed by atoms with van der Waals surface area (Å²) in [5.41, 5.74) is 0.730. The van der Waals surface area contributed by atoms with Crippen molar-refractivity contribution in [3.8, 4) is 5.75 Å². The van der Waals surface area contributed by atoms with Crippen LogP contribution in [-0.4, -0.2) is 38.3 Å². The second-order valence-electron chi connectivity index (χ2n) is 7.14. The minimum atomic E-state index is -3.77. The van der Waals surface area contributed by atoms with Crippen molar-refractivity contribution < 1.29 is 17.9 Å². The number of para-hydroxylation sites is 2. The molecule has 0 aromatic heterocycles. The van der Waals surface area contributed by atoms with E-state index < -0.39 is 15.9 Å². The summed E-state index contributed by atoms with van der Waals surface area (Å²) in [6, 6.07) is 11.4. The van der Waals surface area contributed by atoms with E-state index in [1.165, 1.54) is 22.5 Å². The quantitative estimate of drug-likeness (QED) is 0.727. The Morgan fingerprint density at radius 1 is 1.28 bits per heavy atom. The van der Waals surface area contributed by atoms with Gasteiger partial charge in [0, 0.05) is 18.7 Å². The molecule has 8 heteroatoms. The van der Waals surface area contributed by atoms with Gasteiger partial charge in [-0.05, 0) is 56.0 Å². The van der Waals surface area contributed by atoms with Gasteiger partial charge in [-0.2, -0.15) is 4.31 Å². The first-order valence-corrected chi connectivity index (χ1v) is 11.5. The molecule has 0 saturated carbocycles. The van der Waals surface area contributed by atoms with E-state index in [0.29, 0.717) is 37.1 Å². The van der Waals surface area contributed by atoms with Crippen molar-refractivity contribution in [1.82, 2.24) is 4.31 Å². The zero-order valence-electron chi connectivity index (χ0n) is 16.5. The Labute approximate surface area is 176 Å². The highest BCUT2D eigenvalue weighted by Crippen LogP contribution is 2.30. The van der Waals surface area contributed by atoms with Crippen LogP contribution in [0.2, 0.25) is 5.02 Å². The van der Waals surface area contributed by atoms with Crippen LogP contribution in [0.3, 0.4) is 0 Å². The fourth-order valence-corrected chi connectivity index (χ4v) is 5.49. The number of rotatable bonds is 6. The molecule has 0 bridgehead atoms. The SMILES string of the molecule is CCOc1ccccc1NC(=O)c1ccc(Cl)c(S(=O)(=O)N2CCCC(C)C2)c1. The van der Waals surface area contributed by atoms with Gasteiger partial charge in [-0.3, -0.25) is 4.79 Å². The van der Waals surface area contributed by atoms with Crippen LogP contribution in [0, 0.1) is 5.92 Å². The van der Waals surface area contributed by atoms with Crippen molar-refractivity contribution in [1.29, 1.82) is 0 Å². The van der Waals surface area contributed by atoms with Crippen LogP contribution in [0.25, 0.3) is 0 Å². The van der Waals surface area contributed by atoms with Crippen LogP contribution in [0.15, 0.2) is 47.4 Å². The first-order valence-electron chi connectivity index (χ1n) is 9.65. The molecule has 0 spiro atoms. The number of ether oxygens (including phenoxy) is 1. The summed E-state index contributed by atoms with van der Waals surface area (Å²) in [5.74, 6) is 0.406. The average Bonchev–Trinajstić information content (AvgIpc) is 2.70. The van der Waals surface area contributed by atoms with Crippen LogP contribution in [-0.2, 0) is 10.0 Å². The zero-order chi connectivity index (χ0) is 21.0. The van der Waals surface area contributed by atoms with Gasteiger partial charge in [-0.15, -0.1) is 0 Å². The van der Waals surface area contributed by atoms with Gasteiger partial charge in [-0.25, -0.2) is 8.42 Å². The maximum atomic E-state index is 13.1. The smallest absolute Gasteiger partial charge is 0.255 e. The molecule has 0 radical (unpaired) electrons. The number of nitrogens with one attached hydrogen (secondary N) is 1. The Morgan fingerprint density at radius 3 is 2.76 bits per heavy atom. The van der Waals surface area contributed by atoms with Crippen molar-refractivity contribution in [2.45, 2.75) is 31.6 Å². The van der Waals surface area contributed by atoms with E-state index in [1.807, 2.05) is 19.9 Å². The molecular formula is C21H25ClN2O4S. The number of benzene rings is 2. The highest BCUT2D eigenvalue weighted by atomic mass is 35.5. The van der Waals surface area contributed by atoms with Crippen molar-refractivity contribution >= 4 is 33.2 Å². The molecule has 1 heterocycles. The number of hydrogen-bond donors (Lipinski definition) is 1. The van der Waals surface area contributed by atoms with E-state index >= 15 is 0 Å². The molecular weight excluding hydrogens is 412 g/mol. The van der Waals surface area contributed by atoms with E-state index in [4.69, 9.17) is 16.3 Å². The van der Waals surface area contributed by atoms with Crippen LogP contribution >= 0.6 is 11.6 Å². The van der Waals surface area contributed by atoms with Crippen LogP contribution in [0.4, 0.5) is 5.69 Å². The summed E-state index contributed by atoms with van der Waals surface area (Å²) in [6.07, 6.45) is 1.81. The molecule has 29 heavy (non-hydrogen) atoms. The normalized spacial score (nSPS) is 17.7. The predicted molar refractivity (Wildman–Crippen MR) is 114 cm³/mol. The third-order valence-corrected chi connectivity index (χ3v) is 7.21. The average molecular weight is 437 g/mol. The van der Waals surface area contributed by atoms with Crippen molar-refractivity contribution in [3.05, 3.63) is 53.1 Å². The molecule has 1 atom stereocenters. The Bertz CT molecular complexity index is 994. The lowest BCUT2D eigenvalue weighted by molar-refractivity contribution is 0.102. The summed E-state index contributed by atoms with van der Waals surface area (Å²) >= 11 is 6.21. The highest BCUT2D eigenvalue weighted by Gasteiger charge is 2.31. The van der Waals surface area contributed by atoms with Crippen molar-refractivity contribution in [3.63, 3.8) is 0 Å². The number of nitrogens with zero attached hydrogens (tertiary/aromatic N) is 1. The van der Waals surface area contributed by atoms with Gasteiger partial charge in [0.15, 0.2) is 0 Å². The maximum absolute atomic E-state index is 13.1. The topological polar surface area (TPSA) is 75.7 Å². The Morgan fingerprint density at radius 2 is 2.03 bits per heavy atom. The molecule has 2 aromatic rings. The molecule has 1 unspecified atom stereocenters. The number of hydrogen-bond acceptors (Lipinski definition) is 4. The minimum Gasteiger partial charge on any atom is -0.492 e. The summed E-state index contributed by atoms with van der Waals surface area (Å²) in [6.45, 7) is 5.27. The lowest BCUT2D eigenvalue weighted by atomic mass is 10.0. The summed E-state index contributed by atoms with van der Waals surface area (Å²) in [4.78, 5) is 12.7. The van der Waals surface area contributed by atoms with Crippen molar-refractivity contribution in [2.24, 2.45) is 5.92 Å². The van der Waals surface area contributed by atoms with Gasteiger partial charge in [0.2, 0.25) is 10.0 Å². The summed E-state index contributed by atoms with van der Waals surface area (Å²) in [7, 11) is -3.77. The molecule has 3 rings (SSSR count). The van der Waals surface area contributed by atoms with E-state index in [9.17, 15) is 13.2 Å². The van der Waals surface area contributed by atoms with Gasteiger partial charge in [-0.1, -0.05) is 30.7 Å². The van der Waals surface area contributed by atoms with Crippen LogP contribution in [0.1, 0.15) is 37.0 Å². The number of amides is 1. The lowest BCUT2D eigenvalue weighted by Gasteiger charge is -2.30. The fraction of sp³-hybridized carbons (Fsp3) is 0.381. The van der Waals surface area contributed by atoms with Crippen molar-refractivity contribution in [2.75, 3.05) is 25.0 Å². The largest absolute Gasteiger partial charge is 0.492 e. The number of anilines is 1. The molecule has 1 amide bonds. The first kappa shape index (κ1) is 21.6. The zero-order valence-corrected chi connectivity index (χ0v) is 18.1. The predicted octanol–water partition coefficient (Wildman–Crippen LogP) is 4.41. The molecule has 156 valence electrons. The summed E-state index contributed by atoms with van der Waals surface area (Å²) < 4.78 is 33.2. The molecule has 1 aliphatic rings. The lowest BCUT2D eigenvalue weighted by Crippen LogP contribution is -2.39. The van der Waals surface area contributed by atoms with Gasteiger partial charge < -0.3 is 10.1 Å². The number of carbonyl (C=O) groups is 1. The van der Waals surface area contributed by atoms with Crippen LogP contribution in [0.5, 0.6) is 5.75 Å². The molecule has 1 N–H and O–H groups in total. The second-order valence-corrected chi connectivity index (χ2v) is 9.45. The third-order valence-electron chi connectivity index (χ3n) is 4.87. The molecule has 2 aromatic carbocycles. The van der Waals surface area contributed by atoms with E-state index in [-0.39, 0.29) is 15.5 Å². The standard InChI is InChI=1S/C21H25ClN2O4S/c1-3-28-19-9-5-4-8-18(19)23-21(25)16-10-11-17(22)20(13-16)29(26,27)24-12-6-7-15(2)14-24/h4-5,8-11,13,15H,3,6-7,12,14H2,1-2H3,(H,23,25). The molecule has 1 aliphatic heterocycles. The van der Waals surface area contributed by atoms with Crippen LogP contribution < -0.4 is 10.1 Å².